The van der Waals surface area contributed by atoms with Gasteiger partial charge in [-0.1, -0.05) is 19.9 Å². The summed E-state index contributed by atoms with van der Waals surface area (Å²) >= 11 is 0. The van der Waals surface area contributed by atoms with E-state index in [2.05, 4.69) is 13.5 Å². The van der Waals surface area contributed by atoms with Gasteiger partial charge >= 0.3 is 0 Å². The summed E-state index contributed by atoms with van der Waals surface area (Å²) in [6, 6.07) is 0. The number of aliphatic hydroxyl groups is 2. The molecule has 0 aliphatic heterocycles. The first-order chi connectivity index (χ1) is 7.85. The molecule has 0 aromatic carbocycles. The maximum atomic E-state index is 10.6. The summed E-state index contributed by atoms with van der Waals surface area (Å²) in [6.07, 6.45) is 5.08. The van der Waals surface area contributed by atoms with E-state index in [-0.39, 0.29) is 11.5 Å². The van der Waals surface area contributed by atoms with Gasteiger partial charge in [0.15, 0.2) is 0 Å². The van der Waals surface area contributed by atoms with Crippen molar-refractivity contribution in [2.75, 3.05) is 0 Å². The lowest BCUT2D eigenvalue weighted by molar-refractivity contribution is -0.159. The fraction of sp³-hybridized carbons (Fsp3) is 0.867. The zero-order valence-corrected chi connectivity index (χ0v) is 10.9. The molecule has 17 heavy (non-hydrogen) atoms. The fourth-order valence-electron chi connectivity index (χ4n) is 4.98. The lowest BCUT2D eigenvalue weighted by Crippen LogP contribution is -2.59. The molecule has 0 bridgehead atoms. The molecule has 0 heterocycles. The van der Waals surface area contributed by atoms with Gasteiger partial charge in [0.05, 0.1) is 11.7 Å². The van der Waals surface area contributed by atoms with Gasteiger partial charge in [0.1, 0.15) is 0 Å². The first kappa shape index (κ1) is 11.7. The molecule has 0 aromatic rings. The molecule has 3 aliphatic rings. The molecule has 0 spiro atoms. The summed E-state index contributed by atoms with van der Waals surface area (Å²) in [5.74, 6) is 1.26. The lowest BCUT2D eigenvalue weighted by Gasteiger charge is -2.61. The van der Waals surface area contributed by atoms with Crippen LogP contribution in [0.25, 0.3) is 0 Å². The summed E-state index contributed by atoms with van der Waals surface area (Å²) in [6.45, 7) is 8.32. The minimum atomic E-state index is -0.515. The molecule has 0 radical (unpaired) electrons. The number of aliphatic hydroxyl groups excluding tert-OH is 1. The SMILES string of the molecule is C=C1[C@H](O)[C@H]2C[C@@]3(C)CCC[C@@](C)(O)[C@@H]3C[C@@H]12. The number of fused-ring (bicyclic) bond motifs is 2. The standard InChI is InChI=1S/C15H24O2/c1-9-10-7-12-14(2,8-11(10)13(9)16)5-4-6-15(12,3)17/h10-13,16-17H,1,4-8H2,2-3H3/t10-,11-,12+,13-,14+,15+/m0/s1. The predicted octanol–water partition coefficient (Wildman–Crippen LogP) is 2.50. The van der Waals surface area contributed by atoms with Crippen molar-refractivity contribution in [1.82, 2.24) is 0 Å². The van der Waals surface area contributed by atoms with Crippen molar-refractivity contribution in [3.8, 4) is 0 Å². The molecule has 0 aromatic heterocycles. The van der Waals surface area contributed by atoms with E-state index >= 15 is 0 Å². The minimum Gasteiger partial charge on any atom is -0.390 e. The molecule has 3 aliphatic carbocycles. The first-order valence-corrected chi connectivity index (χ1v) is 6.94. The van der Waals surface area contributed by atoms with Crippen molar-refractivity contribution in [3.63, 3.8) is 0 Å². The Labute approximate surface area is 104 Å². The van der Waals surface area contributed by atoms with E-state index in [1.54, 1.807) is 0 Å². The van der Waals surface area contributed by atoms with Crippen LogP contribution in [0.1, 0.15) is 46.0 Å². The molecule has 3 fully saturated rings. The lowest BCUT2D eigenvalue weighted by atomic mass is 9.45. The molecule has 2 N–H and O–H groups in total. The molecule has 96 valence electrons. The Balaban J connectivity index is 1.89. The van der Waals surface area contributed by atoms with Crippen LogP contribution < -0.4 is 0 Å². The van der Waals surface area contributed by atoms with Crippen LogP contribution in [0.3, 0.4) is 0 Å². The molecule has 0 amide bonds. The zero-order chi connectivity index (χ0) is 12.4. The molecule has 2 nitrogen and oxygen atoms in total. The van der Waals surface area contributed by atoms with E-state index in [9.17, 15) is 10.2 Å². The normalized spacial score (nSPS) is 58.0. The van der Waals surface area contributed by atoms with Crippen LogP contribution in [-0.4, -0.2) is 21.9 Å². The molecule has 0 unspecified atom stereocenters. The number of hydrogen-bond acceptors (Lipinski definition) is 2. The monoisotopic (exact) mass is 236 g/mol. The Bertz CT molecular complexity index is 360. The van der Waals surface area contributed by atoms with Crippen molar-refractivity contribution in [2.24, 2.45) is 23.2 Å². The maximum absolute atomic E-state index is 10.6. The Morgan fingerprint density at radius 2 is 2.00 bits per heavy atom. The van der Waals surface area contributed by atoms with Crippen LogP contribution in [0.15, 0.2) is 12.2 Å². The largest absolute Gasteiger partial charge is 0.390 e. The quantitative estimate of drug-likeness (QED) is 0.634. The van der Waals surface area contributed by atoms with Gasteiger partial charge in [0, 0.05) is 0 Å². The van der Waals surface area contributed by atoms with Gasteiger partial charge < -0.3 is 10.2 Å². The third-order valence-electron chi connectivity index (χ3n) is 5.99. The van der Waals surface area contributed by atoms with Crippen LogP contribution in [0.2, 0.25) is 0 Å². The van der Waals surface area contributed by atoms with Crippen LogP contribution in [0.4, 0.5) is 0 Å². The van der Waals surface area contributed by atoms with Crippen molar-refractivity contribution >= 4 is 0 Å². The van der Waals surface area contributed by atoms with Gasteiger partial charge in [-0.15, -0.1) is 0 Å². The Morgan fingerprint density at radius 3 is 2.71 bits per heavy atom. The third kappa shape index (κ3) is 1.47. The first-order valence-electron chi connectivity index (χ1n) is 6.94. The van der Waals surface area contributed by atoms with Crippen molar-refractivity contribution in [3.05, 3.63) is 12.2 Å². The van der Waals surface area contributed by atoms with Crippen molar-refractivity contribution < 1.29 is 10.2 Å². The Kier molecular flexibility index (Phi) is 2.32. The highest BCUT2D eigenvalue weighted by Gasteiger charge is 2.58. The van der Waals surface area contributed by atoms with Crippen molar-refractivity contribution in [2.45, 2.75) is 57.7 Å². The average molecular weight is 236 g/mol. The van der Waals surface area contributed by atoms with E-state index in [1.165, 1.54) is 6.42 Å². The Hall–Kier alpha value is -0.340. The third-order valence-corrected chi connectivity index (χ3v) is 5.99. The molecular weight excluding hydrogens is 212 g/mol. The minimum absolute atomic E-state index is 0.227. The summed E-state index contributed by atoms with van der Waals surface area (Å²) in [4.78, 5) is 0. The second kappa shape index (κ2) is 3.36. The molecule has 2 heteroatoms. The van der Waals surface area contributed by atoms with Crippen LogP contribution in [0.5, 0.6) is 0 Å². The highest BCUT2D eigenvalue weighted by molar-refractivity contribution is 5.25. The van der Waals surface area contributed by atoms with Crippen molar-refractivity contribution in [1.29, 1.82) is 0 Å². The van der Waals surface area contributed by atoms with E-state index < -0.39 is 5.60 Å². The second-order valence-electron chi connectivity index (χ2n) is 7.15. The summed E-state index contributed by atoms with van der Waals surface area (Å²) in [7, 11) is 0. The van der Waals surface area contributed by atoms with E-state index in [1.807, 2.05) is 6.92 Å². The van der Waals surface area contributed by atoms with Gasteiger partial charge in [-0.2, -0.15) is 0 Å². The van der Waals surface area contributed by atoms with Gasteiger partial charge in [0.2, 0.25) is 0 Å². The van der Waals surface area contributed by atoms with Gasteiger partial charge in [-0.25, -0.2) is 0 Å². The highest BCUT2D eigenvalue weighted by Crippen LogP contribution is 2.62. The van der Waals surface area contributed by atoms with E-state index in [4.69, 9.17) is 0 Å². The van der Waals surface area contributed by atoms with Crippen LogP contribution >= 0.6 is 0 Å². The highest BCUT2D eigenvalue weighted by atomic mass is 16.3. The molecule has 3 rings (SSSR count). The van der Waals surface area contributed by atoms with Gasteiger partial charge in [-0.3, -0.25) is 0 Å². The van der Waals surface area contributed by atoms with E-state index in [0.29, 0.717) is 17.8 Å². The van der Waals surface area contributed by atoms with Crippen LogP contribution in [-0.2, 0) is 0 Å². The molecular formula is C15H24O2. The predicted molar refractivity (Wildman–Crippen MR) is 67.4 cm³/mol. The number of rotatable bonds is 0. The average Bonchev–Trinajstić information content (AvgIpc) is 2.26. The zero-order valence-electron chi connectivity index (χ0n) is 10.9. The summed E-state index contributed by atoms with van der Waals surface area (Å²) < 4.78 is 0. The van der Waals surface area contributed by atoms with Crippen LogP contribution in [0, 0.1) is 23.2 Å². The summed E-state index contributed by atoms with van der Waals surface area (Å²) in [5.41, 5.74) is 0.724. The molecule has 3 saturated carbocycles. The molecule has 6 atom stereocenters. The fourth-order valence-corrected chi connectivity index (χ4v) is 4.98. The smallest absolute Gasteiger partial charge is 0.0784 e. The van der Waals surface area contributed by atoms with Gasteiger partial charge in [0.25, 0.3) is 0 Å². The summed E-state index contributed by atoms with van der Waals surface area (Å²) in [5, 5.41) is 20.6. The molecule has 0 saturated heterocycles. The topological polar surface area (TPSA) is 40.5 Å². The number of hydrogen-bond donors (Lipinski definition) is 2. The second-order valence-corrected chi connectivity index (χ2v) is 7.15. The Morgan fingerprint density at radius 1 is 1.29 bits per heavy atom. The maximum Gasteiger partial charge on any atom is 0.0784 e. The van der Waals surface area contributed by atoms with E-state index in [0.717, 1.165) is 31.3 Å². The van der Waals surface area contributed by atoms with Gasteiger partial charge in [-0.05, 0) is 61.3 Å².